The molecule has 3 heterocycles. The van der Waals surface area contributed by atoms with Gasteiger partial charge in [-0.15, -0.1) is 5.10 Å². The highest BCUT2D eigenvalue weighted by Crippen LogP contribution is 2.44. The molecule has 3 fully saturated rings. The maximum absolute atomic E-state index is 13.8. The molecule has 2 saturated carbocycles. The number of aliphatic hydroxyl groups is 5. The average molecular weight is 699 g/mol. The molecule has 2 aromatic heterocycles. The smallest absolute Gasteiger partial charge is 0.335 e. The summed E-state index contributed by atoms with van der Waals surface area (Å²) in [5, 5.41) is 73.2. The Labute approximate surface area is 276 Å². The van der Waals surface area contributed by atoms with Crippen molar-refractivity contribution in [3.63, 3.8) is 0 Å². The number of thioether (sulfide) groups is 1. The van der Waals surface area contributed by atoms with E-state index in [9.17, 15) is 44.2 Å². The molecule has 19 heteroatoms. The fourth-order valence-electron chi connectivity index (χ4n) is 5.96. The molecule has 0 radical (unpaired) electrons. The lowest BCUT2D eigenvalue weighted by molar-refractivity contribution is -0.296. The summed E-state index contributed by atoms with van der Waals surface area (Å²) in [4.78, 5) is 20.6. The lowest BCUT2D eigenvalue weighted by atomic mass is 9.99. The molecule has 16 nitrogen and oxygen atoms in total. The minimum absolute atomic E-state index is 0.0659. The summed E-state index contributed by atoms with van der Waals surface area (Å²) in [6.07, 6.45) is -10.7. The highest BCUT2D eigenvalue weighted by atomic mass is 32.2. The fourth-order valence-corrected chi connectivity index (χ4v) is 6.66. The molecular formula is C29H36F2N6O10S. The van der Waals surface area contributed by atoms with Crippen molar-refractivity contribution >= 4 is 34.7 Å². The first-order valence-corrected chi connectivity index (χ1v) is 16.5. The Morgan fingerprint density at radius 2 is 1.79 bits per heavy atom. The molecule has 6 rings (SSSR count). The number of benzene rings is 1. The molecule has 2 aliphatic carbocycles. The number of carboxylic acid groups (broad SMARTS) is 1. The van der Waals surface area contributed by atoms with Gasteiger partial charge < -0.3 is 50.2 Å². The van der Waals surface area contributed by atoms with Crippen LogP contribution in [0.2, 0.25) is 0 Å². The Balaban J connectivity index is 1.12. The predicted octanol–water partition coefficient (Wildman–Crippen LogP) is -0.0698. The second kappa shape index (κ2) is 14.4. The normalized spacial score (nSPS) is 33.3. The number of aliphatic carboxylic acids is 1. The first kappa shape index (κ1) is 34.7. The third-order valence-corrected chi connectivity index (χ3v) is 9.70. The molecule has 1 aliphatic heterocycles. The van der Waals surface area contributed by atoms with E-state index in [1.165, 1.54) is 22.5 Å². The van der Waals surface area contributed by atoms with Crippen molar-refractivity contribution in [2.75, 3.05) is 24.3 Å². The summed E-state index contributed by atoms with van der Waals surface area (Å²) in [5.74, 6) is -2.31. The van der Waals surface area contributed by atoms with Gasteiger partial charge in [0, 0.05) is 24.1 Å². The number of aromatic nitrogens is 5. The standard InChI is InChI=1S/C29H36F2N6O10S/c1-2-7-48-29-33-25(32-15-9-12(15)11-3-4-13(30)14(31)8-11)18-26(34-29)37(36-35-18)16-10-17(20(39)19(16)38)45-5-6-46-28-23(42)21(40)22(41)24(47-28)27(43)44/h3-4,8,12,15-17,19-24,28,38-42H,2,5-7,9-10H2,1H3,(H,43,44)(H,32,33,34)/t12-,15+,16+,17-,19-,20+,21?,22?,23?,24?,28?/m0/s1. The van der Waals surface area contributed by atoms with E-state index < -0.39 is 72.7 Å². The first-order valence-electron chi connectivity index (χ1n) is 15.5. The predicted molar refractivity (Wildman–Crippen MR) is 161 cm³/mol. The van der Waals surface area contributed by atoms with Crippen LogP contribution < -0.4 is 5.32 Å². The summed E-state index contributed by atoms with van der Waals surface area (Å²) in [6.45, 7) is 1.59. The number of hydrogen-bond acceptors (Lipinski definition) is 15. The Kier molecular flexibility index (Phi) is 10.4. The summed E-state index contributed by atoms with van der Waals surface area (Å²) in [7, 11) is 0. The molecule has 5 unspecified atom stereocenters. The zero-order valence-electron chi connectivity index (χ0n) is 25.5. The SMILES string of the molecule is CCCSc1nc(N[C@@H]2C[C@H]2c2ccc(F)c(F)c2)c2nnn([C@@H]3C[C@H](OCCOC4OC(C(=O)O)C(O)C(O)C4O)[C@@H](O)[C@H]3O)c2n1. The molecule has 3 aromatic rings. The molecule has 262 valence electrons. The minimum atomic E-state index is -1.86. The van der Waals surface area contributed by atoms with Gasteiger partial charge in [0.25, 0.3) is 0 Å². The van der Waals surface area contributed by atoms with Crippen LogP contribution in [-0.4, -0.2) is 136 Å². The van der Waals surface area contributed by atoms with E-state index in [1.807, 2.05) is 6.92 Å². The van der Waals surface area contributed by atoms with Gasteiger partial charge in [0.1, 0.15) is 30.5 Å². The van der Waals surface area contributed by atoms with Crippen LogP contribution in [0.1, 0.15) is 43.7 Å². The second-order valence-electron chi connectivity index (χ2n) is 12.0. The van der Waals surface area contributed by atoms with Crippen LogP contribution in [0.15, 0.2) is 23.4 Å². The van der Waals surface area contributed by atoms with Gasteiger partial charge >= 0.3 is 5.97 Å². The second-order valence-corrected chi connectivity index (χ2v) is 13.0. The largest absolute Gasteiger partial charge is 0.479 e. The molecule has 3 aliphatic rings. The van der Waals surface area contributed by atoms with E-state index in [0.29, 0.717) is 34.1 Å². The molecule has 48 heavy (non-hydrogen) atoms. The maximum Gasteiger partial charge on any atom is 0.335 e. The van der Waals surface area contributed by atoms with Crippen LogP contribution in [0.5, 0.6) is 0 Å². The van der Waals surface area contributed by atoms with E-state index in [2.05, 4.69) is 25.6 Å². The number of halogens is 2. The summed E-state index contributed by atoms with van der Waals surface area (Å²) < 4.78 is 44.9. The van der Waals surface area contributed by atoms with Crippen LogP contribution in [0.25, 0.3) is 11.2 Å². The van der Waals surface area contributed by atoms with Crippen molar-refractivity contribution in [2.45, 2.75) is 98.4 Å². The molecule has 7 N–H and O–H groups in total. The number of ether oxygens (including phenoxy) is 3. The van der Waals surface area contributed by atoms with Gasteiger partial charge in [0.05, 0.1) is 25.4 Å². The lowest BCUT2D eigenvalue weighted by Crippen LogP contribution is -2.60. The van der Waals surface area contributed by atoms with Gasteiger partial charge in [-0.3, -0.25) is 0 Å². The average Bonchev–Trinajstić information content (AvgIpc) is 3.61. The van der Waals surface area contributed by atoms with Gasteiger partial charge in [-0.05, 0) is 30.5 Å². The third kappa shape index (κ3) is 6.96. The van der Waals surface area contributed by atoms with Crippen LogP contribution >= 0.6 is 11.8 Å². The first-order chi connectivity index (χ1) is 23.0. The number of nitrogens with zero attached hydrogens (tertiary/aromatic N) is 5. The number of hydrogen-bond donors (Lipinski definition) is 7. The van der Waals surface area contributed by atoms with Crippen LogP contribution in [0.4, 0.5) is 14.6 Å². The zero-order valence-corrected chi connectivity index (χ0v) is 26.4. The summed E-state index contributed by atoms with van der Waals surface area (Å²) >= 11 is 1.42. The summed E-state index contributed by atoms with van der Waals surface area (Å²) in [6, 6.07) is 2.92. The molecule has 0 spiro atoms. The number of carbonyl (C=O) groups is 1. The Morgan fingerprint density at radius 1 is 1.02 bits per heavy atom. The molecule has 11 atom stereocenters. The summed E-state index contributed by atoms with van der Waals surface area (Å²) in [5.41, 5.74) is 1.29. The number of rotatable bonds is 13. The quantitative estimate of drug-likeness (QED) is 0.0703. The molecule has 0 bridgehead atoms. The van der Waals surface area contributed by atoms with E-state index >= 15 is 0 Å². The van der Waals surface area contributed by atoms with Crippen molar-refractivity contribution in [3.8, 4) is 0 Å². The Hall–Kier alpha value is -3.14. The van der Waals surface area contributed by atoms with Crippen molar-refractivity contribution in [1.29, 1.82) is 0 Å². The van der Waals surface area contributed by atoms with Crippen molar-refractivity contribution in [1.82, 2.24) is 25.0 Å². The van der Waals surface area contributed by atoms with Gasteiger partial charge in [-0.1, -0.05) is 30.0 Å². The lowest BCUT2D eigenvalue weighted by Gasteiger charge is -2.38. The van der Waals surface area contributed by atoms with Crippen LogP contribution in [0.3, 0.4) is 0 Å². The number of carboxylic acids is 1. The van der Waals surface area contributed by atoms with E-state index in [0.717, 1.165) is 18.2 Å². The van der Waals surface area contributed by atoms with Crippen molar-refractivity contribution in [3.05, 3.63) is 35.4 Å². The third-order valence-electron chi connectivity index (χ3n) is 8.65. The molecule has 1 saturated heterocycles. The van der Waals surface area contributed by atoms with E-state index in [4.69, 9.17) is 14.2 Å². The van der Waals surface area contributed by atoms with Crippen LogP contribution in [-0.2, 0) is 19.0 Å². The number of anilines is 1. The maximum atomic E-state index is 13.8. The number of nitrogens with one attached hydrogen (secondary N) is 1. The number of aliphatic hydroxyl groups excluding tert-OH is 5. The molecule has 0 amide bonds. The van der Waals surface area contributed by atoms with Crippen molar-refractivity contribution < 1.29 is 58.4 Å². The van der Waals surface area contributed by atoms with Gasteiger partial charge in [-0.25, -0.2) is 28.2 Å². The van der Waals surface area contributed by atoms with Crippen LogP contribution in [0, 0.1) is 11.6 Å². The van der Waals surface area contributed by atoms with E-state index in [-0.39, 0.29) is 31.6 Å². The zero-order chi connectivity index (χ0) is 34.3. The van der Waals surface area contributed by atoms with Gasteiger partial charge in [-0.2, -0.15) is 0 Å². The highest BCUT2D eigenvalue weighted by molar-refractivity contribution is 7.99. The molecule has 1 aromatic carbocycles. The van der Waals surface area contributed by atoms with E-state index in [1.54, 1.807) is 6.07 Å². The Morgan fingerprint density at radius 3 is 2.52 bits per heavy atom. The monoisotopic (exact) mass is 698 g/mol. The Bertz CT molecular complexity index is 1620. The molecular weight excluding hydrogens is 662 g/mol. The van der Waals surface area contributed by atoms with Gasteiger partial charge in [0.15, 0.2) is 46.2 Å². The fraction of sp³-hybridized carbons (Fsp3) is 0.621. The number of fused-ring (bicyclic) bond motifs is 1. The van der Waals surface area contributed by atoms with Gasteiger partial charge in [0.2, 0.25) is 0 Å². The topological polar surface area (TPSA) is 235 Å². The minimum Gasteiger partial charge on any atom is -0.479 e. The highest BCUT2D eigenvalue weighted by Gasteiger charge is 2.48. The van der Waals surface area contributed by atoms with Crippen molar-refractivity contribution in [2.24, 2.45) is 0 Å².